The monoisotopic (exact) mass is 568 g/mol. The molecule has 1 aliphatic heterocycles. The predicted octanol–water partition coefficient (Wildman–Crippen LogP) is 9.14. The number of hydrogen-bond acceptors (Lipinski definition) is 3. The van der Waals surface area contributed by atoms with Crippen molar-refractivity contribution in [2.75, 3.05) is 0 Å². The Hall–Kier alpha value is -2.93. The maximum absolute atomic E-state index is 13.5. The Balaban J connectivity index is 1.45. The van der Waals surface area contributed by atoms with Gasteiger partial charge in [-0.2, -0.15) is 13.9 Å². The number of nitrogens with zero attached hydrogens (tertiary/aromatic N) is 2. The molecule has 1 saturated carbocycles. The molecule has 0 aromatic heterocycles. The number of hydrogen-bond donors (Lipinski definition) is 0. The fourth-order valence-corrected chi connectivity index (χ4v) is 5.69. The molecule has 2 atom stereocenters. The number of allylic oxidation sites excluding steroid dienone is 1. The fourth-order valence-electron chi connectivity index (χ4n) is 4.94. The third-order valence-electron chi connectivity index (χ3n) is 6.67. The molecule has 3 aromatic rings. The van der Waals surface area contributed by atoms with Crippen LogP contribution in [-0.2, 0) is 4.79 Å². The summed E-state index contributed by atoms with van der Waals surface area (Å²) < 4.78 is 25.2. The van der Waals surface area contributed by atoms with E-state index >= 15 is 0 Å². The first-order valence-corrected chi connectivity index (χ1v) is 13.9. The van der Waals surface area contributed by atoms with Crippen molar-refractivity contribution >= 4 is 58.7 Å². The van der Waals surface area contributed by atoms with Crippen molar-refractivity contribution in [2.45, 2.75) is 36.0 Å². The summed E-state index contributed by atoms with van der Waals surface area (Å²) in [5.74, 6) is -2.66. The van der Waals surface area contributed by atoms with Crippen molar-refractivity contribution in [1.82, 2.24) is 5.01 Å². The topological polar surface area (TPSA) is 32.7 Å². The molecule has 0 spiro atoms. The number of fused-ring (bicyclic) bond motifs is 1. The first-order valence-electron chi connectivity index (χ1n) is 12.2. The number of benzene rings is 3. The van der Waals surface area contributed by atoms with Gasteiger partial charge in [-0.15, -0.1) is 0 Å². The van der Waals surface area contributed by atoms with Crippen molar-refractivity contribution < 1.29 is 13.6 Å². The lowest BCUT2D eigenvalue weighted by molar-refractivity contribution is -0.128. The van der Waals surface area contributed by atoms with Crippen molar-refractivity contribution in [1.29, 1.82) is 0 Å². The number of hydrazone groups is 1. The molecule has 1 fully saturated rings. The van der Waals surface area contributed by atoms with E-state index in [1.165, 1.54) is 6.08 Å². The molecule has 0 bridgehead atoms. The van der Waals surface area contributed by atoms with Crippen molar-refractivity contribution in [3.63, 3.8) is 0 Å². The van der Waals surface area contributed by atoms with E-state index in [9.17, 15) is 13.6 Å². The Bertz CT molecular complexity index is 1390. The van der Waals surface area contributed by atoms with Crippen LogP contribution < -0.4 is 0 Å². The maximum atomic E-state index is 13.5. The lowest BCUT2D eigenvalue weighted by atomic mass is 9.77. The van der Waals surface area contributed by atoms with Gasteiger partial charge in [-0.3, -0.25) is 4.79 Å². The summed E-state index contributed by atoms with van der Waals surface area (Å²) >= 11 is 12.7. The zero-order chi connectivity index (χ0) is 26.6. The molecule has 3 aromatic carbocycles. The van der Waals surface area contributed by atoms with Gasteiger partial charge < -0.3 is 0 Å². The van der Waals surface area contributed by atoms with E-state index in [0.717, 1.165) is 47.2 Å². The van der Waals surface area contributed by atoms with Crippen LogP contribution in [0.4, 0.5) is 8.78 Å². The van der Waals surface area contributed by atoms with Gasteiger partial charge in [0.25, 0.3) is 11.7 Å². The van der Waals surface area contributed by atoms with Crippen LogP contribution in [0.5, 0.6) is 0 Å². The van der Waals surface area contributed by atoms with Crippen LogP contribution >= 0.6 is 35.0 Å². The molecule has 38 heavy (non-hydrogen) atoms. The molecular weight excluding hydrogens is 545 g/mol. The van der Waals surface area contributed by atoms with Crippen LogP contribution in [0.1, 0.15) is 42.0 Å². The highest BCUT2D eigenvalue weighted by Gasteiger charge is 2.43. The zero-order valence-electron chi connectivity index (χ0n) is 20.2. The zero-order valence-corrected chi connectivity index (χ0v) is 22.6. The van der Waals surface area contributed by atoms with Gasteiger partial charge in [-0.25, -0.2) is 5.01 Å². The molecule has 194 valence electrons. The molecule has 1 aliphatic carbocycles. The van der Waals surface area contributed by atoms with Crippen LogP contribution in [0.25, 0.3) is 12.2 Å². The molecule has 0 unspecified atom stereocenters. The number of carbonyl (C=O) groups is 1. The maximum Gasteiger partial charge on any atom is 0.288 e. The average Bonchev–Trinajstić information content (AvgIpc) is 3.30. The van der Waals surface area contributed by atoms with E-state index < -0.39 is 5.76 Å². The van der Waals surface area contributed by atoms with Gasteiger partial charge in [0.2, 0.25) is 0 Å². The number of carbonyl (C=O) groups excluding carboxylic acids is 1. The fraction of sp³-hybridized carbons (Fsp3) is 0.200. The molecule has 8 heteroatoms. The third-order valence-corrected chi connectivity index (χ3v) is 7.90. The number of alkyl halides is 2. The summed E-state index contributed by atoms with van der Waals surface area (Å²) in [7, 11) is 0. The molecule has 0 N–H and O–H groups in total. The molecule has 1 heterocycles. The van der Waals surface area contributed by atoms with Crippen LogP contribution in [0.3, 0.4) is 0 Å². The molecule has 0 saturated heterocycles. The Kier molecular flexibility index (Phi) is 8.32. The van der Waals surface area contributed by atoms with Crippen LogP contribution in [0.2, 0.25) is 10.0 Å². The van der Waals surface area contributed by atoms with Gasteiger partial charge in [0.1, 0.15) is 0 Å². The Morgan fingerprint density at radius 1 is 0.947 bits per heavy atom. The first kappa shape index (κ1) is 26.7. The summed E-state index contributed by atoms with van der Waals surface area (Å²) in [6.45, 7) is 0. The molecular formula is C30H24Cl2F2N2OS. The highest BCUT2D eigenvalue weighted by Crippen LogP contribution is 2.44. The van der Waals surface area contributed by atoms with Gasteiger partial charge in [-0.1, -0.05) is 71.4 Å². The van der Waals surface area contributed by atoms with Crippen molar-refractivity contribution in [3.05, 3.63) is 111 Å². The van der Waals surface area contributed by atoms with E-state index in [1.54, 1.807) is 35.4 Å². The summed E-state index contributed by atoms with van der Waals surface area (Å²) in [5, 5.41) is 7.76. The molecule has 2 aliphatic rings. The minimum absolute atomic E-state index is 0.0616. The Morgan fingerprint density at radius 3 is 2.24 bits per heavy atom. The Labute approximate surface area is 234 Å². The van der Waals surface area contributed by atoms with Crippen LogP contribution in [-0.4, -0.2) is 22.4 Å². The highest BCUT2D eigenvalue weighted by molar-refractivity contribution is 7.99. The summed E-state index contributed by atoms with van der Waals surface area (Å²) in [6.07, 6.45) is 8.09. The SMILES string of the molecule is O=C(/C=C\c1ccc(SC(F)F)cc1)N1N=C2/C(=C\c3ccc(Cl)cc3)CCC[C@H]2[C@H]1c1ccc(Cl)cc1. The lowest BCUT2D eigenvalue weighted by Gasteiger charge is -2.29. The summed E-state index contributed by atoms with van der Waals surface area (Å²) in [4.78, 5) is 14.0. The third kappa shape index (κ3) is 6.20. The normalized spacial score (nSPS) is 20.3. The minimum atomic E-state index is -2.47. The molecule has 3 nitrogen and oxygen atoms in total. The second kappa shape index (κ2) is 11.9. The lowest BCUT2D eigenvalue weighted by Crippen LogP contribution is -2.30. The molecule has 0 radical (unpaired) electrons. The standard InChI is InChI=1S/C30H24Cl2F2N2OS/c31-23-11-4-20(5-12-23)18-22-2-1-3-26-28(22)35-36(29(26)21-9-13-24(32)14-10-21)27(37)17-8-19-6-15-25(16-7-19)38-30(33)34/h4-18,26,29-30H,1-3H2/b17-8-,22-18-/t26-,29-/m1/s1. The van der Waals surface area contributed by atoms with Gasteiger partial charge >= 0.3 is 0 Å². The van der Waals surface area contributed by atoms with Gasteiger partial charge in [-0.05, 0) is 90.1 Å². The number of halogens is 4. The minimum Gasteiger partial charge on any atom is -0.268 e. The highest BCUT2D eigenvalue weighted by atomic mass is 35.5. The predicted molar refractivity (Wildman–Crippen MR) is 153 cm³/mol. The molecule has 5 rings (SSSR count). The smallest absolute Gasteiger partial charge is 0.268 e. The first-order chi connectivity index (χ1) is 18.4. The van der Waals surface area contributed by atoms with E-state index in [4.69, 9.17) is 28.3 Å². The van der Waals surface area contributed by atoms with Gasteiger partial charge in [0.05, 0.1) is 11.8 Å². The van der Waals surface area contributed by atoms with Crippen LogP contribution in [0.15, 0.2) is 94.4 Å². The van der Waals surface area contributed by atoms with Crippen LogP contribution in [0, 0.1) is 5.92 Å². The quantitative estimate of drug-likeness (QED) is 0.219. The van der Waals surface area contributed by atoms with Crippen molar-refractivity contribution in [3.8, 4) is 0 Å². The second-order valence-electron chi connectivity index (χ2n) is 9.17. The second-order valence-corrected chi connectivity index (χ2v) is 11.1. The van der Waals surface area contributed by atoms with E-state index in [-0.39, 0.29) is 17.9 Å². The number of thioether (sulfide) groups is 1. The largest absolute Gasteiger partial charge is 0.288 e. The van der Waals surface area contributed by atoms with E-state index in [2.05, 4.69) is 6.08 Å². The number of rotatable bonds is 6. The number of amides is 1. The summed E-state index contributed by atoms with van der Waals surface area (Å²) in [5.41, 5.74) is 4.80. The van der Waals surface area contributed by atoms with Gasteiger partial charge in [0, 0.05) is 26.9 Å². The Morgan fingerprint density at radius 2 is 1.58 bits per heavy atom. The molecule has 1 amide bonds. The average molecular weight is 570 g/mol. The summed E-state index contributed by atoms with van der Waals surface area (Å²) in [6, 6.07) is 21.7. The van der Waals surface area contributed by atoms with E-state index in [1.807, 2.05) is 48.5 Å². The van der Waals surface area contributed by atoms with E-state index in [0.29, 0.717) is 26.7 Å². The van der Waals surface area contributed by atoms with Gasteiger partial charge in [0.15, 0.2) is 0 Å². The van der Waals surface area contributed by atoms with Crippen molar-refractivity contribution in [2.24, 2.45) is 11.0 Å².